The summed E-state index contributed by atoms with van der Waals surface area (Å²) in [7, 11) is 3.13. The Balaban J connectivity index is 2.06. The third-order valence-corrected chi connectivity index (χ3v) is 3.96. The van der Waals surface area contributed by atoms with Crippen LogP contribution in [-0.2, 0) is 16.1 Å². The maximum Gasteiger partial charge on any atom is 0.351 e. The molecular formula is C17H20N4O4. The van der Waals surface area contributed by atoms with Crippen LogP contribution in [-0.4, -0.2) is 47.5 Å². The minimum Gasteiger partial charge on any atom is -0.497 e. The standard InChI is InChI=1S/C17H20N4O4/c1-11-8-12-4-5-13(25-3)9-14(12)21-16(11)19-20(17(21)23)10-15(22)18-6-7-24-2/h4-5,8-9H,6-7,10H2,1-3H3,(H,18,22). The van der Waals surface area contributed by atoms with Gasteiger partial charge in [-0.05, 0) is 36.1 Å². The molecule has 25 heavy (non-hydrogen) atoms. The molecule has 3 aromatic rings. The van der Waals surface area contributed by atoms with E-state index in [4.69, 9.17) is 9.47 Å². The van der Waals surface area contributed by atoms with E-state index in [1.807, 2.05) is 25.1 Å². The van der Waals surface area contributed by atoms with Gasteiger partial charge in [0.15, 0.2) is 5.65 Å². The van der Waals surface area contributed by atoms with Crippen LogP contribution in [0.3, 0.4) is 0 Å². The Hall–Kier alpha value is -2.87. The first-order valence-electron chi connectivity index (χ1n) is 7.87. The Bertz CT molecular complexity index is 990. The van der Waals surface area contributed by atoms with Gasteiger partial charge in [-0.2, -0.15) is 0 Å². The number of fused-ring (bicyclic) bond motifs is 3. The zero-order valence-corrected chi connectivity index (χ0v) is 14.4. The number of benzene rings is 1. The molecule has 0 fully saturated rings. The van der Waals surface area contributed by atoms with Crippen molar-refractivity contribution in [2.75, 3.05) is 27.4 Å². The van der Waals surface area contributed by atoms with Crippen LogP contribution in [0.1, 0.15) is 5.56 Å². The van der Waals surface area contributed by atoms with E-state index in [0.717, 1.165) is 10.9 Å². The zero-order chi connectivity index (χ0) is 18.0. The van der Waals surface area contributed by atoms with Crippen LogP contribution in [0.5, 0.6) is 5.75 Å². The van der Waals surface area contributed by atoms with Crippen LogP contribution in [0.25, 0.3) is 16.6 Å². The summed E-state index contributed by atoms with van der Waals surface area (Å²) in [5.74, 6) is 0.358. The van der Waals surface area contributed by atoms with Crippen molar-refractivity contribution in [3.05, 3.63) is 40.3 Å². The van der Waals surface area contributed by atoms with Crippen molar-refractivity contribution in [2.24, 2.45) is 0 Å². The van der Waals surface area contributed by atoms with E-state index in [2.05, 4.69) is 10.4 Å². The van der Waals surface area contributed by atoms with E-state index in [0.29, 0.717) is 30.1 Å². The van der Waals surface area contributed by atoms with Gasteiger partial charge >= 0.3 is 5.69 Å². The van der Waals surface area contributed by atoms with Crippen LogP contribution in [0.15, 0.2) is 29.1 Å². The Labute approximate surface area is 144 Å². The summed E-state index contributed by atoms with van der Waals surface area (Å²) in [5, 5.41) is 7.90. The van der Waals surface area contributed by atoms with Crippen molar-refractivity contribution in [1.29, 1.82) is 0 Å². The third kappa shape index (κ3) is 3.20. The monoisotopic (exact) mass is 344 g/mol. The van der Waals surface area contributed by atoms with Crippen molar-refractivity contribution in [1.82, 2.24) is 19.5 Å². The van der Waals surface area contributed by atoms with Crippen LogP contribution in [0.4, 0.5) is 0 Å². The number of nitrogens with zero attached hydrogens (tertiary/aromatic N) is 3. The van der Waals surface area contributed by atoms with E-state index in [9.17, 15) is 9.59 Å². The summed E-state index contributed by atoms with van der Waals surface area (Å²) >= 11 is 0. The fourth-order valence-corrected chi connectivity index (χ4v) is 2.73. The van der Waals surface area contributed by atoms with Crippen molar-refractivity contribution < 1.29 is 14.3 Å². The highest BCUT2D eigenvalue weighted by Crippen LogP contribution is 2.23. The number of aromatic nitrogens is 3. The number of carbonyl (C=O) groups excluding carboxylic acids is 1. The van der Waals surface area contributed by atoms with E-state index in [1.165, 1.54) is 9.08 Å². The normalized spacial score (nSPS) is 11.2. The lowest BCUT2D eigenvalue weighted by atomic mass is 10.1. The molecule has 8 heteroatoms. The average molecular weight is 344 g/mol. The highest BCUT2D eigenvalue weighted by molar-refractivity contribution is 5.84. The first kappa shape index (κ1) is 17.0. The quantitative estimate of drug-likeness (QED) is 0.666. The first-order valence-corrected chi connectivity index (χ1v) is 7.87. The summed E-state index contributed by atoms with van der Waals surface area (Å²) in [6, 6.07) is 7.47. The fraction of sp³-hybridized carbons (Fsp3) is 0.353. The molecule has 0 aliphatic rings. The third-order valence-electron chi connectivity index (χ3n) is 3.96. The van der Waals surface area contributed by atoms with Crippen molar-refractivity contribution in [3.63, 3.8) is 0 Å². The van der Waals surface area contributed by atoms with Gasteiger partial charge < -0.3 is 14.8 Å². The Kier molecular flexibility index (Phi) is 4.71. The first-order chi connectivity index (χ1) is 12.0. The van der Waals surface area contributed by atoms with Crippen molar-refractivity contribution >= 4 is 22.5 Å². The van der Waals surface area contributed by atoms with Crippen LogP contribution in [0, 0.1) is 6.92 Å². The molecule has 0 atom stereocenters. The molecule has 0 unspecified atom stereocenters. The highest BCUT2D eigenvalue weighted by atomic mass is 16.5. The second-order valence-electron chi connectivity index (χ2n) is 5.69. The van der Waals surface area contributed by atoms with E-state index < -0.39 is 0 Å². The predicted octanol–water partition coefficient (Wildman–Crippen LogP) is 0.729. The summed E-state index contributed by atoms with van der Waals surface area (Å²) in [6.07, 6.45) is 0. The molecule has 0 saturated carbocycles. The lowest BCUT2D eigenvalue weighted by molar-refractivity contribution is -0.122. The van der Waals surface area contributed by atoms with Gasteiger partial charge in [0.2, 0.25) is 5.91 Å². The Morgan fingerprint density at radius 3 is 2.80 bits per heavy atom. The zero-order valence-electron chi connectivity index (χ0n) is 14.4. The number of rotatable bonds is 6. The molecule has 0 bridgehead atoms. The molecule has 2 heterocycles. The number of pyridine rings is 1. The fourth-order valence-electron chi connectivity index (χ4n) is 2.73. The van der Waals surface area contributed by atoms with Gasteiger partial charge in [-0.3, -0.25) is 4.79 Å². The van der Waals surface area contributed by atoms with Crippen molar-refractivity contribution in [3.8, 4) is 5.75 Å². The maximum absolute atomic E-state index is 12.8. The minimum absolute atomic E-state index is 0.144. The molecule has 0 radical (unpaired) electrons. The molecular weight excluding hydrogens is 324 g/mol. The molecule has 3 rings (SSSR count). The molecule has 0 aliphatic carbocycles. The van der Waals surface area contributed by atoms with E-state index >= 15 is 0 Å². The number of carbonyl (C=O) groups is 1. The molecule has 0 saturated heterocycles. The van der Waals surface area contributed by atoms with E-state index in [1.54, 1.807) is 20.3 Å². The second kappa shape index (κ2) is 6.94. The summed E-state index contributed by atoms with van der Waals surface area (Å²) < 4.78 is 12.8. The Morgan fingerprint density at radius 1 is 1.28 bits per heavy atom. The maximum atomic E-state index is 12.8. The summed E-state index contributed by atoms with van der Waals surface area (Å²) in [4.78, 5) is 24.7. The lowest BCUT2D eigenvalue weighted by Gasteiger charge is -2.05. The summed E-state index contributed by atoms with van der Waals surface area (Å²) in [6.45, 7) is 2.54. The van der Waals surface area contributed by atoms with Gasteiger partial charge in [-0.15, -0.1) is 5.10 Å². The average Bonchev–Trinajstić information content (AvgIpc) is 2.92. The van der Waals surface area contributed by atoms with Crippen LogP contribution < -0.4 is 15.7 Å². The van der Waals surface area contributed by atoms with Gasteiger partial charge in [0, 0.05) is 19.7 Å². The number of methoxy groups -OCH3 is 2. The second-order valence-corrected chi connectivity index (χ2v) is 5.69. The van der Waals surface area contributed by atoms with Crippen molar-refractivity contribution in [2.45, 2.75) is 13.5 Å². The van der Waals surface area contributed by atoms with E-state index in [-0.39, 0.29) is 18.1 Å². The number of aryl methyl sites for hydroxylation is 1. The molecule has 0 spiro atoms. The Morgan fingerprint density at radius 2 is 2.08 bits per heavy atom. The SMILES string of the molecule is COCCNC(=O)Cn1nc2c(C)cc3ccc(OC)cc3n2c1=O. The number of ether oxygens (including phenoxy) is 2. The van der Waals surface area contributed by atoms with Crippen LogP contribution in [0.2, 0.25) is 0 Å². The topological polar surface area (TPSA) is 86.9 Å². The van der Waals surface area contributed by atoms with Gasteiger partial charge in [-0.1, -0.05) is 0 Å². The smallest absolute Gasteiger partial charge is 0.351 e. The largest absolute Gasteiger partial charge is 0.497 e. The lowest BCUT2D eigenvalue weighted by Crippen LogP contribution is -2.34. The number of nitrogens with one attached hydrogen (secondary N) is 1. The molecule has 1 amide bonds. The minimum atomic E-state index is -0.362. The van der Waals surface area contributed by atoms with Gasteiger partial charge in [-0.25, -0.2) is 13.9 Å². The predicted molar refractivity (Wildman–Crippen MR) is 93.1 cm³/mol. The van der Waals surface area contributed by atoms with Gasteiger partial charge in [0.25, 0.3) is 0 Å². The molecule has 2 aromatic heterocycles. The molecule has 0 aliphatic heterocycles. The molecule has 132 valence electrons. The molecule has 1 N–H and O–H groups in total. The number of hydrogen-bond acceptors (Lipinski definition) is 5. The van der Waals surface area contributed by atoms with Crippen LogP contribution >= 0.6 is 0 Å². The van der Waals surface area contributed by atoms with Gasteiger partial charge in [0.05, 0.1) is 19.2 Å². The summed E-state index contributed by atoms with van der Waals surface area (Å²) in [5.41, 5.74) is 1.71. The van der Waals surface area contributed by atoms with Gasteiger partial charge in [0.1, 0.15) is 12.3 Å². The number of hydrogen-bond donors (Lipinski definition) is 1. The number of amides is 1. The molecule has 8 nitrogen and oxygen atoms in total. The molecule has 1 aromatic carbocycles. The highest BCUT2D eigenvalue weighted by Gasteiger charge is 2.15.